The summed E-state index contributed by atoms with van der Waals surface area (Å²) in [5.74, 6) is 1.99. The van der Waals surface area contributed by atoms with E-state index in [2.05, 4.69) is 15.5 Å². The van der Waals surface area contributed by atoms with E-state index in [9.17, 15) is 4.79 Å². The predicted molar refractivity (Wildman–Crippen MR) is 118 cm³/mol. The van der Waals surface area contributed by atoms with E-state index in [0.29, 0.717) is 28.1 Å². The average Bonchev–Trinajstić information content (AvgIpc) is 3.32. The molecule has 4 rings (SSSR count). The van der Waals surface area contributed by atoms with E-state index < -0.39 is 0 Å². The summed E-state index contributed by atoms with van der Waals surface area (Å²) >= 11 is 1.33. The van der Waals surface area contributed by atoms with Crippen LogP contribution in [-0.2, 0) is 11.8 Å². The van der Waals surface area contributed by atoms with Gasteiger partial charge in [0.05, 0.1) is 12.9 Å². The van der Waals surface area contributed by atoms with E-state index in [0.717, 1.165) is 22.2 Å². The Kier molecular flexibility index (Phi) is 5.50. The third-order valence-corrected chi connectivity index (χ3v) is 5.88. The summed E-state index contributed by atoms with van der Waals surface area (Å²) < 4.78 is 13.1. The minimum atomic E-state index is -0.0876. The second kappa shape index (κ2) is 8.23. The van der Waals surface area contributed by atoms with E-state index in [1.54, 1.807) is 7.11 Å². The molecule has 1 N–H and O–H groups in total. The molecule has 0 aliphatic heterocycles. The van der Waals surface area contributed by atoms with Crippen molar-refractivity contribution in [1.82, 2.24) is 14.8 Å². The third kappa shape index (κ3) is 3.78. The number of hydrogen-bond donors (Lipinski definition) is 1. The Labute approximate surface area is 178 Å². The second-order valence-corrected chi connectivity index (χ2v) is 7.90. The van der Waals surface area contributed by atoms with Gasteiger partial charge in [0, 0.05) is 18.1 Å². The number of rotatable bonds is 6. The lowest BCUT2D eigenvalue weighted by atomic mass is 10.1. The number of furan rings is 1. The van der Waals surface area contributed by atoms with Crippen LogP contribution in [0.25, 0.3) is 22.6 Å². The highest BCUT2D eigenvalue weighted by Gasteiger charge is 2.18. The molecule has 0 spiro atoms. The summed E-state index contributed by atoms with van der Waals surface area (Å²) in [6.45, 7) is 3.96. The summed E-state index contributed by atoms with van der Waals surface area (Å²) in [5, 5.41) is 13.0. The van der Waals surface area contributed by atoms with Gasteiger partial charge in [-0.3, -0.25) is 4.79 Å². The van der Waals surface area contributed by atoms with Gasteiger partial charge in [0.25, 0.3) is 0 Å². The van der Waals surface area contributed by atoms with Crippen molar-refractivity contribution >= 4 is 34.3 Å². The van der Waals surface area contributed by atoms with E-state index in [1.165, 1.54) is 11.8 Å². The van der Waals surface area contributed by atoms with Gasteiger partial charge in [0.1, 0.15) is 0 Å². The summed E-state index contributed by atoms with van der Waals surface area (Å²) in [6, 6.07) is 13.6. The molecule has 0 atom stereocenters. The molecule has 0 fully saturated rings. The number of aryl methyl sites for hydroxylation is 2. The summed E-state index contributed by atoms with van der Waals surface area (Å²) in [6.07, 6.45) is 0. The highest BCUT2D eigenvalue weighted by Crippen LogP contribution is 2.33. The smallest absolute Gasteiger partial charge is 0.234 e. The van der Waals surface area contributed by atoms with E-state index in [4.69, 9.17) is 9.15 Å². The number of nitrogens with zero attached hydrogens (tertiary/aromatic N) is 3. The molecule has 0 aliphatic carbocycles. The maximum atomic E-state index is 12.4. The summed E-state index contributed by atoms with van der Waals surface area (Å²) in [7, 11) is 3.46. The first-order valence-electron chi connectivity index (χ1n) is 9.43. The first-order chi connectivity index (χ1) is 14.5. The van der Waals surface area contributed by atoms with E-state index in [1.807, 2.05) is 67.9 Å². The molecule has 154 valence electrons. The zero-order valence-electron chi connectivity index (χ0n) is 17.2. The molecule has 2 heterocycles. The van der Waals surface area contributed by atoms with Gasteiger partial charge in [0.2, 0.25) is 5.91 Å². The topological polar surface area (TPSA) is 82.2 Å². The number of benzene rings is 2. The Morgan fingerprint density at radius 1 is 1.17 bits per heavy atom. The van der Waals surface area contributed by atoms with Crippen LogP contribution in [0.5, 0.6) is 5.75 Å². The van der Waals surface area contributed by atoms with Crippen LogP contribution >= 0.6 is 11.8 Å². The van der Waals surface area contributed by atoms with Crippen LogP contribution in [0.3, 0.4) is 0 Å². The average molecular weight is 423 g/mol. The van der Waals surface area contributed by atoms with Crippen molar-refractivity contribution in [2.24, 2.45) is 7.05 Å². The number of carbonyl (C=O) groups excluding carboxylic acids is 1. The molecule has 30 heavy (non-hydrogen) atoms. The van der Waals surface area contributed by atoms with Crippen molar-refractivity contribution in [2.75, 3.05) is 18.2 Å². The first-order valence-corrected chi connectivity index (χ1v) is 10.4. The van der Waals surface area contributed by atoms with Crippen LogP contribution in [0.1, 0.15) is 11.1 Å². The Balaban J connectivity index is 1.49. The van der Waals surface area contributed by atoms with Gasteiger partial charge in [0.15, 0.2) is 28.1 Å². The van der Waals surface area contributed by atoms with Gasteiger partial charge >= 0.3 is 0 Å². The highest BCUT2D eigenvalue weighted by atomic mass is 32.2. The zero-order valence-corrected chi connectivity index (χ0v) is 18.0. The van der Waals surface area contributed by atoms with Crippen molar-refractivity contribution < 1.29 is 13.9 Å². The van der Waals surface area contributed by atoms with Gasteiger partial charge in [-0.2, -0.15) is 0 Å². The number of methoxy groups -OCH3 is 1. The van der Waals surface area contributed by atoms with Crippen molar-refractivity contribution in [2.45, 2.75) is 19.0 Å². The number of thioether (sulfide) groups is 1. The quantitative estimate of drug-likeness (QED) is 0.458. The molecular formula is C22H22N4O3S. The predicted octanol–water partition coefficient (Wildman–Crippen LogP) is 4.58. The minimum Gasteiger partial charge on any atom is -0.493 e. The number of carbonyl (C=O) groups is 1. The fraction of sp³-hybridized carbons (Fsp3) is 0.227. The number of ether oxygens (including phenoxy) is 1. The van der Waals surface area contributed by atoms with Crippen molar-refractivity contribution in [1.29, 1.82) is 0 Å². The van der Waals surface area contributed by atoms with Gasteiger partial charge < -0.3 is 19.0 Å². The molecular weight excluding hydrogens is 400 g/mol. The van der Waals surface area contributed by atoms with Crippen LogP contribution in [0.2, 0.25) is 0 Å². The third-order valence-electron chi connectivity index (χ3n) is 4.86. The maximum Gasteiger partial charge on any atom is 0.234 e. The number of hydrogen-bond acceptors (Lipinski definition) is 6. The molecule has 0 aliphatic rings. The Hall–Kier alpha value is -3.26. The molecule has 0 saturated heterocycles. The molecule has 8 heteroatoms. The fourth-order valence-electron chi connectivity index (χ4n) is 3.28. The fourth-order valence-corrected chi connectivity index (χ4v) is 3.99. The molecule has 4 aromatic rings. The van der Waals surface area contributed by atoms with Crippen LogP contribution in [-0.4, -0.2) is 33.5 Å². The lowest BCUT2D eigenvalue weighted by Gasteiger charge is -2.11. The molecule has 0 unspecified atom stereocenters. The van der Waals surface area contributed by atoms with Crippen LogP contribution in [0.4, 0.5) is 5.69 Å². The monoisotopic (exact) mass is 422 g/mol. The van der Waals surface area contributed by atoms with E-state index in [-0.39, 0.29) is 11.7 Å². The number of aromatic nitrogens is 3. The van der Waals surface area contributed by atoms with Gasteiger partial charge in [-0.05, 0) is 37.1 Å². The molecule has 1 amide bonds. The second-order valence-electron chi connectivity index (χ2n) is 6.96. The lowest BCUT2D eigenvalue weighted by Crippen LogP contribution is -2.16. The molecule has 7 nitrogen and oxygen atoms in total. The molecule has 2 aromatic carbocycles. The molecule has 0 saturated carbocycles. The normalized spacial score (nSPS) is 11.1. The highest BCUT2D eigenvalue weighted by molar-refractivity contribution is 7.99. The molecule has 2 aromatic heterocycles. The largest absolute Gasteiger partial charge is 0.493 e. The molecule has 0 radical (unpaired) electrons. The lowest BCUT2D eigenvalue weighted by molar-refractivity contribution is -0.113. The van der Waals surface area contributed by atoms with Crippen molar-refractivity contribution in [3.8, 4) is 17.3 Å². The van der Waals surface area contributed by atoms with Crippen LogP contribution in [0, 0.1) is 13.8 Å². The molecule has 0 bridgehead atoms. The van der Waals surface area contributed by atoms with E-state index >= 15 is 0 Å². The van der Waals surface area contributed by atoms with Crippen molar-refractivity contribution in [3.05, 3.63) is 53.6 Å². The van der Waals surface area contributed by atoms with Crippen molar-refractivity contribution in [3.63, 3.8) is 0 Å². The number of nitrogens with one attached hydrogen (secondary N) is 1. The first kappa shape index (κ1) is 20.0. The van der Waals surface area contributed by atoms with Gasteiger partial charge in [-0.15, -0.1) is 10.2 Å². The Bertz CT molecular complexity index is 1210. The standard InChI is InChI=1S/C22H22N4O3S/c1-13-7-5-8-14(2)19(13)23-18(27)12-30-22-25-24-21(26(22)3)17-11-15-9-6-10-16(28-4)20(15)29-17/h5-11H,12H2,1-4H3,(H,23,27). The summed E-state index contributed by atoms with van der Waals surface area (Å²) in [4.78, 5) is 12.4. The maximum absolute atomic E-state index is 12.4. The number of para-hydroxylation sites is 2. The Morgan fingerprint density at radius 3 is 2.63 bits per heavy atom. The van der Waals surface area contributed by atoms with Gasteiger partial charge in [-0.25, -0.2) is 0 Å². The minimum absolute atomic E-state index is 0.0876. The Morgan fingerprint density at radius 2 is 1.90 bits per heavy atom. The van der Waals surface area contributed by atoms with Crippen LogP contribution < -0.4 is 10.1 Å². The number of amides is 1. The SMILES string of the molecule is COc1cccc2cc(-c3nnc(SCC(=O)Nc4c(C)cccc4C)n3C)oc12. The number of anilines is 1. The number of fused-ring (bicyclic) bond motifs is 1. The summed E-state index contributed by atoms with van der Waals surface area (Å²) in [5.41, 5.74) is 3.60. The van der Waals surface area contributed by atoms with Gasteiger partial charge in [-0.1, -0.05) is 42.1 Å². The zero-order chi connectivity index (χ0) is 21.3. The van der Waals surface area contributed by atoms with Crippen LogP contribution in [0.15, 0.2) is 52.0 Å².